The van der Waals surface area contributed by atoms with E-state index in [1.54, 1.807) is 19.1 Å². The second-order valence-electron chi connectivity index (χ2n) is 5.60. The van der Waals surface area contributed by atoms with E-state index in [1.165, 1.54) is 13.1 Å². The third kappa shape index (κ3) is 4.67. The molecule has 0 bridgehead atoms. The first kappa shape index (κ1) is 20.9. The van der Waals surface area contributed by atoms with Gasteiger partial charge in [0.15, 0.2) is 0 Å². The van der Waals surface area contributed by atoms with E-state index in [0.29, 0.717) is 24.5 Å². The Morgan fingerprint density at radius 1 is 1.33 bits per heavy atom. The summed E-state index contributed by atoms with van der Waals surface area (Å²) in [5, 5.41) is 2.75. The number of hydrogen-bond donors (Lipinski definition) is 3. The van der Waals surface area contributed by atoms with E-state index in [2.05, 4.69) is 10.0 Å². The van der Waals surface area contributed by atoms with Crippen LogP contribution in [0.1, 0.15) is 18.4 Å². The van der Waals surface area contributed by atoms with Crippen molar-refractivity contribution >= 4 is 34.0 Å². The van der Waals surface area contributed by atoms with Crippen LogP contribution in [0.25, 0.3) is 0 Å². The monoisotopic (exact) mass is 377 g/mol. The second-order valence-corrected chi connectivity index (χ2v) is 7.46. The number of carbonyl (C=O) groups excluding carboxylic acids is 1. The van der Waals surface area contributed by atoms with Crippen LogP contribution < -0.4 is 15.8 Å². The van der Waals surface area contributed by atoms with Gasteiger partial charge in [-0.05, 0) is 50.4 Å². The third-order valence-corrected chi connectivity index (χ3v) is 5.74. The minimum absolute atomic E-state index is 0. The highest BCUT2D eigenvalue weighted by atomic mass is 35.5. The molecule has 0 saturated carbocycles. The smallest absolute Gasteiger partial charge is 0.241 e. The van der Waals surface area contributed by atoms with Crippen molar-refractivity contribution in [2.45, 2.75) is 30.7 Å². The quantitative estimate of drug-likeness (QED) is 0.709. The van der Waals surface area contributed by atoms with Gasteiger partial charge in [-0.25, -0.2) is 13.1 Å². The Labute approximate surface area is 148 Å². The van der Waals surface area contributed by atoms with Crippen molar-refractivity contribution in [3.63, 3.8) is 0 Å². The van der Waals surface area contributed by atoms with Gasteiger partial charge in [0.2, 0.25) is 15.9 Å². The summed E-state index contributed by atoms with van der Waals surface area (Å²) in [5.41, 5.74) is 6.98. The first-order chi connectivity index (χ1) is 10.9. The highest BCUT2D eigenvalue weighted by Gasteiger charge is 2.27. The first-order valence-corrected chi connectivity index (χ1v) is 9.02. The largest absolute Gasteiger partial charge is 0.381 e. The number of ether oxygens (including phenoxy) is 1. The molecule has 4 N–H and O–H groups in total. The fraction of sp³-hybridized carbons (Fsp3) is 0.533. The molecular weight excluding hydrogens is 354 g/mol. The highest BCUT2D eigenvalue weighted by molar-refractivity contribution is 7.89. The normalized spacial score (nSPS) is 17.0. The number of anilines is 1. The molecule has 24 heavy (non-hydrogen) atoms. The molecule has 1 fully saturated rings. The molecule has 136 valence electrons. The van der Waals surface area contributed by atoms with Crippen molar-refractivity contribution < 1.29 is 17.9 Å². The number of nitrogens with two attached hydrogens (primary N) is 1. The zero-order valence-corrected chi connectivity index (χ0v) is 15.4. The van der Waals surface area contributed by atoms with Crippen LogP contribution in [0.3, 0.4) is 0 Å². The van der Waals surface area contributed by atoms with E-state index in [4.69, 9.17) is 10.5 Å². The van der Waals surface area contributed by atoms with E-state index in [9.17, 15) is 13.2 Å². The average molecular weight is 378 g/mol. The topological polar surface area (TPSA) is 111 Å². The molecule has 7 nitrogen and oxygen atoms in total. The number of nitrogens with one attached hydrogen (secondary N) is 2. The van der Waals surface area contributed by atoms with Crippen LogP contribution in [0.5, 0.6) is 0 Å². The Balaban J connectivity index is 0.00000288. The average Bonchev–Trinajstić information content (AvgIpc) is 2.56. The number of amides is 1. The highest BCUT2D eigenvalue weighted by Crippen LogP contribution is 2.24. The number of halogens is 1. The number of carbonyl (C=O) groups is 1. The molecule has 0 radical (unpaired) electrons. The van der Waals surface area contributed by atoms with Gasteiger partial charge < -0.3 is 15.8 Å². The molecule has 1 aliphatic heterocycles. The lowest BCUT2D eigenvalue weighted by Gasteiger charge is -2.27. The molecule has 1 atom stereocenters. The molecule has 1 aromatic rings. The summed E-state index contributed by atoms with van der Waals surface area (Å²) in [5.74, 6) is -0.229. The Hall–Kier alpha value is -1.19. The Kier molecular flexibility index (Phi) is 7.62. The minimum atomic E-state index is -3.58. The van der Waals surface area contributed by atoms with Crippen molar-refractivity contribution in [3.8, 4) is 0 Å². The zero-order valence-electron chi connectivity index (χ0n) is 13.7. The fourth-order valence-corrected chi connectivity index (χ4v) is 3.65. The van der Waals surface area contributed by atoms with Crippen molar-refractivity contribution in [2.24, 2.45) is 11.7 Å². The molecular formula is C15H24ClN3O4S. The molecule has 1 amide bonds. The Morgan fingerprint density at radius 2 is 1.96 bits per heavy atom. The number of sulfonamides is 1. The van der Waals surface area contributed by atoms with Crippen molar-refractivity contribution in [3.05, 3.63) is 23.8 Å². The van der Waals surface area contributed by atoms with Gasteiger partial charge in [0.25, 0.3) is 0 Å². The molecule has 0 aromatic heterocycles. The molecule has 0 spiro atoms. The van der Waals surface area contributed by atoms with E-state index in [1.807, 2.05) is 0 Å². The van der Waals surface area contributed by atoms with Gasteiger partial charge in [-0.1, -0.05) is 6.07 Å². The van der Waals surface area contributed by atoms with Crippen molar-refractivity contribution in [1.29, 1.82) is 0 Å². The lowest BCUT2D eigenvalue weighted by Crippen LogP contribution is -2.44. The molecule has 1 aliphatic rings. The Bertz CT molecular complexity index is 675. The molecule has 9 heteroatoms. The summed E-state index contributed by atoms with van der Waals surface area (Å²) in [7, 11) is -2.23. The van der Waals surface area contributed by atoms with E-state index in [0.717, 1.165) is 12.8 Å². The lowest BCUT2D eigenvalue weighted by atomic mass is 9.92. The molecule has 1 heterocycles. The number of benzene rings is 1. The molecule has 2 rings (SSSR count). The third-order valence-electron chi connectivity index (χ3n) is 4.18. The van der Waals surface area contributed by atoms with Gasteiger partial charge in [0.05, 0.1) is 10.9 Å². The summed E-state index contributed by atoms with van der Waals surface area (Å²) >= 11 is 0. The van der Waals surface area contributed by atoms with Crippen LogP contribution in [-0.2, 0) is 19.6 Å². The number of hydrogen-bond acceptors (Lipinski definition) is 5. The molecule has 1 unspecified atom stereocenters. The van der Waals surface area contributed by atoms with Gasteiger partial charge in [-0.2, -0.15) is 0 Å². The molecule has 1 saturated heterocycles. The van der Waals surface area contributed by atoms with Crippen LogP contribution in [0.4, 0.5) is 5.69 Å². The predicted octanol–water partition coefficient (Wildman–Crippen LogP) is 1.02. The standard InChI is InChI=1S/C15H23N3O4S.ClH/c1-10-12(4-3-5-13(10)23(20,21)17-2)18-15(19)14(16)11-6-8-22-9-7-11;/h3-5,11,14,17H,6-9,16H2,1-2H3,(H,18,19);1H. The maximum absolute atomic E-state index is 12.4. The first-order valence-electron chi connectivity index (χ1n) is 7.54. The van der Waals surface area contributed by atoms with E-state index in [-0.39, 0.29) is 29.1 Å². The lowest BCUT2D eigenvalue weighted by molar-refractivity contribution is -0.119. The summed E-state index contributed by atoms with van der Waals surface area (Å²) in [6.07, 6.45) is 1.50. The van der Waals surface area contributed by atoms with Crippen LogP contribution in [-0.4, -0.2) is 40.6 Å². The van der Waals surface area contributed by atoms with Gasteiger partial charge in [-0.15, -0.1) is 12.4 Å². The Morgan fingerprint density at radius 3 is 2.54 bits per heavy atom. The maximum atomic E-state index is 12.4. The SMILES string of the molecule is CNS(=O)(=O)c1cccc(NC(=O)C(N)C2CCOCC2)c1C.Cl. The predicted molar refractivity (Wildman–Crippen MR) is 94.8 cm³/mol. The van der Waals surface area contributed by atoms with Gasteiger partial charge in [0.1, 0.15) is 0 Å². The van der Waals surface area contributed by atoms with E-state index >= 15 is 0 Å². The van der Waals surface area contributed by atoms with Crippen LogP contribution in [0.15, 0.2) is 23.1 Å². The number of rotatable bonds is 5. The zero-order chi connectivity index (χ0) is 17.0. The van der Waals surface area contributed by atoms with Gasteiger partial charge in [-0.3, -0.25) is 4.79 Å². The maximum Gasteiger partial charge on any atom is 0.241 e. The van der Waals surface area contributed by atoms with Gasteiger partial charge in [0, 0.05) is 18.9 Å². The summed E-state index contributed by atoms with van der Waals surface area (Å²) in [6.45, 7) is 2.88. The molecule has 1 aromatic carbocycles. The van der Waals surface area contributed by atoms with Crippen LogP contribution >= 0.6 is 12.4 Å². The summed E-state index contributed by atoms with van der Waals surface area (Å²) in [6, 6.07) is 4.11. The van der Waals surface area contributed by atoms with Crippen LogP contribution in [0, 0.1) is 12.8 Å². The fourth-order valence-electron chi connectivity index (χ4n) is 2.66. The molecule has 0 aliphatic carbocycles. The van der Waals surface area contributed by atoms with E-state index < -0.39 is 16.1 Å². The van der Waals surface area contributed by atoms with Crippen molar-refractivity contribution in [1.82, 2.24) is 4.72 Å². The van der Waals surface area contributed by atoms with Crippen LogP contribution in [0.2, 0.25) is 0 Å². The second kappa shape index (κ2) is 8.77. The van der Waals surface area contributed by atoms with Gasteiger partial charge >= 0.3 is 0 Å². The summed E-state index contributed by atoms with van der Waals surface area (Å²) in [4.78, 5) is 12.5. The minimum Gasteiger partial charge on any atom is -0.381 e. The summed E-state index contributed by atoms with van der Waals surface area (Å²) < 4.78 is 31.5. The van der Waals surface area contributed by atoms with Crippen molar-refractivity contribution in [2.75, 3.05) is 25.6 Å².